The topological polar surface area (TPSA) is 36.4 Å². The summed E-state index contributed by atoms with van der Waals surface area (Å²) in [5.41, 5.74) is 0. The molecule has 0 aromatic heterocycles. The lowest BCUT2D eigenvalue weighted by atomic mass is 9.81. The Balaban J connectivity index is 2.19. The molecule has 1 fully saturated rings. The van der Waals surface area contributed by atoms with Crippen LogP contribution in [0.5, 0.6) is 0 Å². The van der Waals surface area contributed by atoms with E-state index in [1.165, 1.54) is 32.1 Å². The lowest BCUT2D eigenvalue weighted by molar-refractivity contribution is 0.269. The Labute approximate surface area is 106 Å². The van der Waals surface area contributed by atoms with Crippen molar-refractivity contribution in [3.8, 4) is 0 Å². The van der Waals surface area contributed by atoms with E-state index in [4.69, 9.17) is 0 Å². The van der Waals surface area contributed by atoms with Crippen LogP contribution in [0.4, 0.5) is 0 Å². The third-order valence-corrected chi connectivity index (χ3v) is 3.74. The molecule has 0 atom stereocenters. The largest absolute Gasteiger partial charge is 0.356 e. The quantitative estimate of drug-likeness (QED) is 0.438. The molecule has 3 heteroatoms. The molecule has 0 saturated heterocycles. The molecule has 0 aliphatic heterocycles. The Bertz CT molecular complexity index is 240. The minimum absolute atomic E-state index is 0.766. The highest BCUT2D eigenvalue weighted by molar-refractivity contribution is 5.79. The van der Waals surface area contributed by atoms with Gasteiger partial charge < -0.3 is 10.6 Å². The molecular formula is C14H27N3. The smallest absolute Gasteiger partial charge is 0.191 e. The lowest BCUT2D eigenvalue weighted by Crippen LogP contribution is -2.40. The Morgan fingerprint density at radius 2 is 1.88 bits per heavy atom. The Hall–Kier alpha value is -0.990. The zero-order valence-electron chi connectivity index (χ0n) is 11.3. The minimum Gasteiger partial charge on any atom is -0.356 e. The maximum Gasteiger partial charge on any atom is 0.191 e. The van der Waals surface area contributed by atoms with Gasteiger partial charge in [-0.2, -0.15) is 0 Å². The molecule has 0 amide bonds. The predicted octanol–water partition coefficient (Wildman–Crippen LogP) is 2.55. The molecular weight excluding hydrogens is 210 g/mol. The van der Waals surface area contributed by atoms with E-state index in [2.05, 4.69) is 29.1 Å². The molecule has 0 aromatic carbocycles. The first-order valence-corrected chi connectivity index (χ1v) is 6.85. The molecule has 98 valence electrons. The van der Waals surface area contributed by atoms with Crippen LogP contribution in [0.2, 0.25) is 0 Å². The summed E-state index contributed by atoms with van der Waals surface area (Å²) >= 11 is 0. The predicted molar refractivity (Wildman–Crippen MR) is 75.3 cm³/mol. The molecule has 2 N–H and O–H groups in total. The third-order valence-electron chi connectivity index (χ3n) is 3.74. The van der Waals surface area contributed by atoms with E-state index in [0.717, 1.165) is 30.9 Å². The summed E-state index contributed by atoms with van der Waals surface area (Å²) in [4.78, 5) is 4.19. The van der Waals surface area contributed by atoms with Crippen LogP contribution in [-0.2, 0) is 0 Å². The number of hydrogen-bond donors (Lipinski definition) is 2. The summed E-state index contributed by atoms with van der Waals surface area (Å²) in [6.07, 6.45) is 8.74. The fraction of sp³-hybridized carbons (Fsp3) is 0.786. The standard InChI is InChI=1S/C14H27N3/c1-4-10-16-14(15-3)17-11-13-8-6-12(5-2)7-9-13/h4,12-13H,1,5-11H2,2-3H3,(H2,15,16,17). The number of aliphatic imine (C=N–C) groups is 1. The van der Waals surface area contributed by atoms with Crippen LogP contribution in [0.15, 0.2) is 17.6 Å². The highest BCUT2D eigenvalue weighted by Gasteiger charge is 2.19. The SMILES string of the molecule is C=CCNC(=NC)NCC1CCC(CC)CC1. The van der Waals surface area contributed by atoms with Crippen molar-refractivity contribution < 1.29 is 0 Å². The fourth-order valence-corrected chi connectivity index (χ4v) is 2.47. The molecule has 0 unspecified atom stereocenters. The molecule has 0 aromatic rings. The van der Waals surface area contributed by atoms with Gasteiger partial charge in [-0.25, -0.2) is 0 Å². The minimum atomic E-state index is 0.766. The number of rotatable bonds is 5. The second-order valence-electron chi connectivity index (χ2n) is 4.92. The summed E-state index contributed by atoms with van der Waals surface area (Å²) in [5, 5.41) is 6.60. The van der Waals surface area contributed by atoms with Gasteiger partial charge in [-0.15, -0.1) is 6.58 Å². The van der Waals surface area contributed by atoms with Gasteiger partial charge in [0.15, 0.2) is 5.96 Å². The van der Waals surface area contributed by atoms with E-state index in [-0.39, 0.29) is 0 Å². The van der Waals surface area contributed by atoms with Crippen LogP contribution in [0.3, 0.4) is 0 Å². The van der Waals surface area contributed by atoms with Gasteiger partial charge in [0.1, 0.15) is 0 Å². The molecule has 1 saturated carbocycles. The summed E-state index contributed by atoms with van der Waals surface area (Å²) in [6.45, 7) is 7.81. The van der Waals surface area contributed by atoms with Gasteiger partial charge in [-0.05, 0) is 24.7 Å². The normalized spacial score (nSPS) is 25.4. The van der Waals surface area contributed by atoms with Crippen LogP contribution in [0.1, 0.15) is 39.0 Å². The fourth-order valence-electron chi connectivity index (χ4n) is 2.47. The van der Waals surface area contributed by atoms with Gasteiger partial charge in [0.05, 0.1) is 0 Å². The van der Waals surface area contributed by atoms with Crippen LogP contribution in [0, 0.1) is 11.8 Å². The summed E-state index contributed by atoms with van der Waals surface area (Å²) < 4.78 is 0. The van der Waals surface area contributed by atoms with Crippen molar-refractivity contribution in [2.75, 3.05) is 20.1 Å². The number of hydrogen-bond acceptors (Lipinski definition) is 1. The van der Waals surface area contributed by atoms with E-state index in [0.29, 0.717) is 0 Å². The van der Waals surface area contributed by atoms with Gasteiger partial charge in [-0.3, -0.25) is 4.99 Å². The van der Waals surface area contributed by atoms with Gasteiger partial charge in [0.2, 0.25) is 0 Å². The second kappa shape index (κ2) is 8.15. The van der Waals surface area contributed by atoms with E-state index < -0.39 is 0 Å². The third kappa shape index (κ3) is 5.24. The Kier molecular flexibility index (Phi) is 6.75. The molecule has 1 rings (SSSR count). The molecule has 3 nitrogen and oxygen atoms in total. The zero-order valence-corrected chi connectivity index (χ0v) is 11.3. The van der Waals surface area contributed by atoms with E-state index in [9.17, 15) is 0 Å². The molecule has 0 heterocycles. The average Bonchev–Trinajstić information content (AvgIpc) is 2.39. The Morgan fingerprint density at radius 1 is 1.24 bits per heavy atom. The van der Waals surface area contributed by atoms with Crippen LogP contribution >= 0.6 is 0 Å². The highest BCUT2D eigenvalue weighted by Crippen LogP contribution is 2.29. The van der Waals surface area contributed by atoms with E-state index in [1.807, 2.05) is 13.1 Å². The van der Waals surface area contributed by atoms with E-state index in [1.54, 1.807) is 0 Å². The maximum atomic E-state index is 4.19. The summed E-state index contributed by atoms with van der Waals surface area (Å²) in [6, 6.07) is 0. The number of nitrogens with zero attached hydrogens (tertiary/aromatic N) is 1. The molecule has 0 spiro atoms. The number of nitrogens with one attached hydrogen (secondary N) is 2. The monoisotopic (exact) mass is 237 g/mol. The second-order valence-corrected chi connectivity index (χ2v) is 4.92. The first-order chi connectivity index (χ1) is 8.30. The van der Waals surface area contributed by atoms with Crippen molar-refractivity contribution in [2.45, 2.75) is 39.0 Å². The molecule has 0 bridgehead atoms. The van der Waals surface area contributed by atoms with Gasteiger partial charge in [0.25, 0.3) is 0 Å². The highest BCUT2D eigenvalue weighted by atomic mass is 15.2. The van der Waals surface area contributed by atoms with Gasteiger partial charge >= 0.3 is 0 Å². The summed E-state index contributed by atoms with van der Waals surface area (Å²) in [5.74, 6) is 2.69. The van der Waals surface area contributed by atoms with Crippen molar-refractivity contribution in [2.24, 2.45) is 16.8 Å². The van der Waals surface area contributed by atoms with Crippen molar-refractivity contribution in [1.82, 2.24) is 10.6 Å². The van der Waals surface area contributed by atoms with Crippen molar-refractivity contribution in [3.63, 3.8) is 0 Å². The zero-order chi connectivity index (χ0) is 12.5. The van der Waals surface area contributed by atoms with E-state index >= 15 is 0 Å². The van der Waals surface area contributed by atoms with Crippen molar-refractivity contribution in [3.05, 3.63) is 12.7 Å². The van der Waals surface area contributed by atoms with Crippen molar-refractivity contribution >= 4 is 5.96 Å². The lowest BCUT2D eigenvalue weighted by Gasteiger charge is -2.28. The van der Waals surface area contributed by atoms with Gasteiger partial charge in [-0.1, -0.05) is 32.3 Å². The average molecular weight is 237 g/mol. The molecule has 0 radical (unpaired) electrons. The van der Waals surface area contributed by atoms with Crippen LogP contribution < -0.4 is 10.6 Å². The summed E-state index contributed by atoms with van der Waals surface area (Å²) in [7, 11) is 1.81. The first kappa shape index (κ1) is 14.1. The van der Waals surface area contributed by atoms with Crippen LogP contribution in [-0.4, -0.2) is 26.1 Å². The first-order valence-electron chi connectivity index (χ1n) is 6.85. The number of guanidine groups is 1. The maximum absolute atomic E-state index is 4.19. The van der Waals surface area contributed by atoms with Crippen molar-refractivity contribution in [1.29, 1.82) is 0 Å². The molecule has 1 aliphatic rings. The Morgan fingerprint density at radius 3 is 2.41 bits per heavy atom. The van der Waals surface area contributed by atoms with Crippen LogP contribution in [0.25, 0.3) is 0 Å². The molecule has 17 heavy (non-hydrogen) atoms. The van der Waals surface area contributed by atoms with Gasteiger partial charge in [0, 0.05) is 20.1 Å². The molecule has 1 aliphatic carbocycles.